The van der Waals surface area contributed by atoms with Crippen LogP contribution in [0.5, 0.6) is 0 Å². The number of imide groups is 1. The van der Waals surface area contributed by atoms with E-state index in [0.29, 0.717) is 23.4 Å². The lowest BCUT2D eigenvalue weighted by molar-refractivity contribution is -0.118. The molecular formula is C22H24N2O3. The van der Waals surface area contributed by atoms with Gasteiger partial charge in [-0.2, -0.15) is 0 Å². The van der Waals surface area contributed by atoms with Crippen LogP contribution in [-0.4, -0.2) is 37.8 Å². The van der Waals surface area contributed by atoms with Crippen LogP contribution in [0.15, 0.2) is 47.5 Å². The fourth-order valence-electron chi connectivity index (χ4n) is 3.23. The molecule has 0 saturated carbocycles. The number of aryl methyl sites for hydroxylation is 2. The summed E-state index contributed by atoms with van der Waals surface area (Å²) in [4.78, 5) is 32.0. The van der Waals surface area contributed by atoms with Gasteiger partial charge in [0.1, 0.15) is 0 Å². The largest absolute Gasteiger partial charge is 0.382 e. The van der Waals surface area contributed by atoms with Crippen molar-refractivity contribution in [3.8, 4) is 0 Å². The predicted molar refractivity (Wildman–Crippen MR) is 107 cm³/mol. The van der Waals surface area contributed by atoms with Crippen LogP contribution in [0.25, 0.3) is 0 Å². The van der Waals surface area contributed by atoms with E-state index in [1.54, 1.807) is 19.4 Å². The minimum absolute atomic E-state index is 0.0670. The van der Waals surface area contributed by atoms with Gasteiger partial charge in [0.25, 0.3) is 5.91 Å². The Morgan fingerprint density at radius 1 is 1.15 bits per heavy atom. The third-order valence-electron chi connectivity index (χ3n) is 4.86. The topological polar surface area (TPSA) is 59.0 Å². The van der Waals surface area contributed by atoms with Gasteiger partial charge in [0.05, 0.1) is 24.3 Å². The number of hydrogen-bond donors (Lipinski definition) is 0. The summed E-state index contributed by atoms with van der Waals surface area (Å²) < 4.78 is 5.11. The SMILES string of the molecule is COC[C@H](C)N=C[C@@H]1C(=O)N(c2ccc(C)c(C)c2)C(=O)c2ccccc21. The maximum Gasteiger partial charge on any atom is 0.265 e. The Morgan fingerprint density at radius 2 is 1.89 bits per heavy atom. The van der Waals surface area contributed by atoms with Crippen LogP contribution < -0.4 is 4.90 Å². The van der Waals surface area contributed by atoms with E-state index in [1.807, 2.05) is 57.2 Å². The maximum atomic E-state index is 13.2. The molecule has 1 heterocycles. The van der Waals surface area contributed by atoms with Crippen molar-refractivity contribution in [1.82, 2.24) is 0 Å². The summed E-state index contributed by atoms with van der Waals surface area (Å²) in [6.45, 7) is 6.36. The van der Waals surface area contributed by atoms with Crippen LogP contribution in [0.3, 0.4) is 0 Å². The molecule has 140 valence electrons. The average molecular weight is 364 g/mol. The molecule has 0 radical (unpaired) electrons. The Labute approximate surface area is 159 Å². The monoisotopic (exact) mass is 364 g/mol. The Kier molecular flexibility index (Phi) is 5.51. The van der Waals surface area contributed by atoms with Gasteiger partial charge in [0, 0.05) is 18.9 Å². The molecule has 0 saturated heterocycles. The summed E-state index contributed by atoms with van der Waals surface area (Å²) in [6.07, 6.45) is 1.64. The smallest absolute Gasteiger partial charge is 0.265 e. The highest BCUT2D eigenvalue weighted by molar-refractivity contribution is 6.29. The summed E-state index contributed by atoms with van der Waals surface area (Å²) in [5, 5.41) is 0. The van der Waals surface area contributed by atoms with E-state index >= 15 is 0 Å². The number of methoxy groups -OCH3 is 1. The number of amides is 2. The van der Waals surface area contributed by atoms with Gasteiger partial charge in [0.2, 0.25) is 5.91 Å². The Hall–Kier alpha value is -2.79. The van der Waals surface area contributed by atoms with Crippen molar-refractivity contribution < 1.29 is 14.3 Å². The minimum atomic E-state index is -0.597. The van der Waals surface area contributed by atoms with Crippen LogP contribution in [-0.2, 0) is 9.53 Å². The molecule has 3 rings (SSSR count). The number of hydrogen-bond acceptors (Lipinski definition) is 4. The molecule has 0 aromatic heterocycles. The second kappa shape index (κ2) is 7.84. The van der Waals surface area contributed by atoms with Crippen LogP contribution >= 0.6 is 0 Å². The number of benzene rings is 2. The van der Waals surface area contributed by atoms with E-state index < -0.39 is 5.92 Å². The summed E-state index contributed by atoms with van der Waals surface area (Å²) in [5.41, 5.74) is 3.96. The first-order valence-corrected chi connectivity index (χ1v) is 9.00. The number of anilines is 1. The number of carbonyl (C=O) groups is 2. The number of ether oxygens (including phenoxy) is 1. The molecule has 0 fully saturated rings. The lowest BCUT2D eigenvalue weighted by Gasteiger charge is -2.31. The van der Waals surface area contributed by atoms with Gasteiger partial charge in [-0.1, -0.05) is 24.3 Å². The van der Waals surface area contributed by atoms with Crippen molar-refractivity contribution >= 4 is 23.7 Å². The van der Waals surface area contributed by atoms with Crippen molar-refractivity contribution in [3.05, 3.63) is 64.7 Å². The van der Waals surface area contributed by atoms with E-state index in [-0.39, 0.29) is 17.9 Å². The van der Waals surface area contributed by atoms with Crippen molar-refractivity contribution in [2.45, 2.75) is 32.7 Å². The van der Waals surface area contributed by atoms with Gasteiger partial charge >= 0.3 is 0 Å². The second-order valence-electron chi connectivity index (χ2n) is 6.91. The Morgan fingerprint density at radius 3 is 2.59 bits per heavy atom. The molecular weight excluding hydrogens is 340 g/mol. The molecule has 0 unspecified atom stereocenters. The molecule has 1 aliphatic rings. The van der Waals surface area contributed by atoms with E-state index in [0.717, 1.165) is 11.1 Å². The molecule has 5 heteroatoms. The fourth-order valence-corrected chi connectivity index (χ4v) is 3.23. The van der Waals surface area contributed by atoms with Crippen LogP contribution in [0.2, 0.25) is 0 Å². The molecule has 0 N–H and O–H groups in total. The third-order valence-corrected chi connectivity index (χ3v) is 4.86. The Balaban J connectivity index is 2.06. The van der Waals surface area contributed by atoms with E-state index in [1.165, 1.54) is 4.90 Å². The number of fused-ring (bicyclic) bond motifs is 1. The van der Waals surface area contributed by atoms with Gasteiger partial charge in [-0.15, -0.1) is 0 Å². The number of rotatable bonds is 5. The molecule has 2 aromatic carbocycles. The zero-order valence-corrected chi connectivity index (χ0v) is 16.1. The standard InChI is InChI=1S/C22H24N2O3/c1-14-9-10-17(11-15(14)2)24-21(25)19-8-6-5-7-18(19)20(22(24)26)12-23-16(3)13-27-4/h5-12,16,20H,13H2,1-4H3/t16-,20-/m0/s1. The van der Waals surface area contributed by atoms with Crippen LogP contribution in [0.4, 0.5) is 5.69 Å². The highest BCUT2D eigenvalue weighted by atomic mass is 16.5. The predicted octanol–water partition coefficient (Wildman–Crippen LogP) is 3.68. The zero-order valence-electron chi connectivity index (χ0n) is 16.1. The fraction of sp³-hybridized carbons (Fsp3) is 0.318. The van der Waals surface area contributed by atoms with E-state index in [4.69, 9.17) is 4.74 Å². The van der Waals surface area contributed by atoms with Crippen molar-refractivity contribution in [1.29, 1.82) is 0 Å². The lowest BCUT2D eigenvalue weighted by Crippen LogP contribution is -2.45. The van der Waals surface area contributed by atoms with Gasteiger partial charge in [-0.25, -0.2) is 4.90 Å². The van der Waals surface area contributed by atoms with E-state index in [2.05, 4.69) is 4.99 Å². The van der Waals surface area contributed by atoms with Crippen molar-refractivity contribution in [2.24, 2.45) is 4.99 Å². The first kappa shape index (κ1) is 19.0. The molecule has 5 nitrogen and oxygen atoms in total. The number of carbonyl (C=O) groups excluding carboxylic acids is 2. The van der Waals surface area contributed by atoms with Gasteiger partial charge in [-0.05, 0) is 55.7 Å². The second-order valence-corrected chi connectivity index (χ2v) is 6.91. The molecule has 0 aliphatic carbocycles. The summed E-state index contributed by atoms with van der Waals surface area (Å²) in [7, 11) is 1.62. The summed E-state index contributed by atoms with van der Waals surface area (Å²) >= 11 is 0. The summed E-state index contributed by atoms with van der Waals surface area (Å²) in [6, 6.07) is 12.8. The number of aliphatic imine (C=N–C) groups is 1. The third kappa shape index (κ3) is 3.69. The Bertz CT molecular complexity index is 904. The van der Waals surface area contributed by atoms with Crippen molar-refractivity contribution in [2.75, 3.05) is 18.6 Å². The molecule has 1 aliphatic heterocycles. The molecule has 0 spiro atoms. The van der Waals surface area contributed by atoms with Gasteiger partial charge in [0.15, 0.2) is 0 Å². The first-order valence-electron chi connectivity index (χ1n) is 9.00. The van der Waals surface area contributed by atoms with Crippen LogP contribution in [0.1, 0.15) is 39.9 Å². The molecule has 0 bridgehead atoms. The maximum absolute atomic E-state index is 13.2. The molecule has 2 aromatic rings. The van der Waals surface area contributed by atoms with Crippen LogP contribution in [0, 0.1) is 13.8 Å². The minimum Gasteiger partial charge on any atom is -0.382 e. The summed E-state index contributed by atoms with van der Waals surface area (Å²) in [5.74, 6) is -1.18. The molecule has 2 amide bonds. The zero-order chi connectivity index (χ0) is 19.6. The lowest BCUT2D eigenvalue weighted by atomic mass is 9.88. The quantitative estimate of drug-likeness (QED) is 0.601. The normalized spacial score (nSPS) is 18.1. The van der Waals surface area contributed by atoms with E-state index in [9.17, 15) is 9.59 Å². The number of nitrogens with zero attached hydrogens (tertiary/aromatic N) is 2. The van der Waals surface area contributed by atoms with Gasteiger partial charge in [-0.3, -0.25) is 14.6 Å². The highest BCUT2D eigenvalue weighted by Gasteiger charge is 2.38. The molecule has 2 atom stereocenters. The highest BCUT2D eigenvalue weighted by Crippen LogP contribution is 2.32. The average Bonchev–Trinajstić information content (AvgIpc) is 2.65. The van der Waals surface area contributed by atoms with Crippen molar-refractivity contribution in [3.63, 3.8) is 0 Å². The molecule has 27 heavy (non-hydrogen) atoms. The van der Waals surface area contributed by atoms with Gasteiger partial charge < -0.3 is 4.74 Å². The first-order chi connectivity index (χ1) is 12.9.